The van der Waals surface area contributed by atoms with Crippen LogP contribution < -0.4 is 10.1 Å². The number of ether oxygens (including phenoxy) is 1. The first-order chi connectivity index (χ1) is 12.6. The molecule has 3 rings (SSSR count). The minimum Gasteiger partial charge on any atom is -0.489 e. The third-order valence-electron chi connectivity index (χ3n) is 4.31. The lowest BCUT2D eigenvalue weighted by molar-refractivity contribution is 0.143. The Bertz CT molecular complexity index is 713. The summed E-state index contributed by atoms with van der Waals surface area (Å²) in [4.78, 5) is 20.9. The number of amides is 2. The number of carbonyl (C=O) groups excluding carboxylic acids is 1. The molecule has 2 amide bonds. The standard InChI is InChI=1S/C20H26N4O2/c1-16(2)26-19-6-4-3-5-18(19)22-20(25)24-13-11-23(12-14-24)15-17-7-9-21-10-8-17/h3-10,16H,11-15H2,1-2H3,(H,22,25). The summed E-state index contributed by atoms with van der Waals surface area (Å²) < 4.78 is 5.77. The quantitative estimate of drug-likeness (QED) is 0.896. The number of para-hydroxylation sites is 2. The van der Waals surface area contributed by atoms with Gasteiger partial charge in [-0.15, -0.1) is 0 Å². The molecule has 0 radical (unpaired) electrons. The summed E-state index contributed by atoms with van der Waals surface area (Å²) in [5.41, 5.74) is 1.96. The van der Waals surface area contributed by atoms with Crippen molar-refractivity contribution in [2.75, 3.05) is 31.5 Å². The van der Waals surface area contributed by atoms with Crippen LogP contribution in [0.1, 0.15) is 19.4 Å². The molecule has 6 nitrogen and oxygen atoms in total. The molecule has 2 heterocycles. The van der Waals surface area contributed by atoms with Gasteiger partial charge in [-0.25, -0.2) is 4.79 Å². The van der Waals surface area contributed by atoms with E-state index < -0.39 is 0 Å². The van der Waals surface area contributed by atoms with Crippen LogP contribution in [0.15, 0.2) is 48.8 Å². The molecule has 1 fully saturated rings. The molecule has 0 spiro atoms. The third-order valence-corrected chi connectivity index (χ3v) is 4.31. The SMILES string of the molecule is CC(C)Oc1ccccc1NC(=O)N1CCN(Cc2ccncc2)CC1. The van der Waals surface area contributed by atoms with E-state index >= 15 is 0 Å². The molecule has 0 saturated carbocycles. The predicted octanol–water partition coefficient (Wildman–Crippen LogP) is 3.22. The van der Waals surface area contributed by atoms with E-state index in [1.165, 1.54) is 5.56 Å². The van der Waals surface area contributed by atoms with E-state index in [4.69, 9.17) is 4.74 Å². The second-order valence-corrected chi connectivity index (χ2v) is 6.71. The molecule has 6 heteroatoms. The molecule has 2 aromatic rings. The normalized spacial score (nSPS) is 15.1. The number of hydrogen-bond donors (Lipinski definition) is 1. The molecule has 0 aliphatic carbocycles. The summed E-state index contributed by atoms with van der Waals surface area (Å²) in [6.45, 7) is 7.98. The Hall–Kier alpha value is -2.60. The molecule has 0 unspecified atom stereocenters. The van der Waals surface area contributed by atoms with E-state index in [1.54, 1.807) is 0 Å². The fourth-order valence-electron chi connectivity index (χ4n) is 2.98. The lowest BCUT2D eigenvalue weighted by Gasteiger charge is -2.34. The third kappa shape index (κ3) is 4.95. The maximum atomic E-state index is 12.6. The second-order valence-electron chi connectivity index (χ2n) is 6.71. The zero-order valence-corrected chi connectivity index (χ0v) is 15.4. The number of urea groups is 1. The van der Waals surface area contributed by atoms with Crippen LogP contribution in [0.2, 0.25) is 0 Å². The van der Waals surface area contributed by atoms with E-state index in [0.29, 0.717) is 24.5 Å². The summed E-state index contributed by atoms with van der Waals surface area (Å²) in [5.74, 6) is 0.701. The van der Waals surface area contributed by atoms with Gasteiger partial charge in [0.05, 0.1) is 11.8 Å². The van der Waals surface area contributed by atoms with Crippen molar-refractivity contribution in [3.8, 4) is 5.75 Å². The number of pyridine rings is 1. The van der Waals surface area contributed by atoms with Crippen LogP contribution in [0.25, 0.3) is 0 Å². The number of nitrogens with zero attached hydrogens (tertiary/aromatic N) is 3. The number of benzene rings is 1. The Morgan fingerprint density at radius 2 is 1.81 bits per heavy atom. The fourth-order valence-corrected chi connectivity index (χ4v) is 2.98. The minimum atomic E-state index is -0.0756. The smallest absolute Gasteiger partial charge is 0.322 e. The molecule has 1 aliphatic rings. The number of hydrogen-bond acceptors (Lipinski definition) is 4. The highest BCUT2D eigenvalue weighted by Gasteiger charge is 2.22. The van der Waals surface area contributed by atoms with Crippen molar-refractivity contribution in [2.24, 2.45) is 0 Å². The zero-order chi connectivity index (χ0) is 18.4. The van der Waals surface area contributed by atoms with Gasteiger partial charge in [0.15, 0.2) is 0 Å². The second kappa shape index (κ2) is 8.67. The molecule has 138 valence electrons. The van der Waals surface area contributed by atoms with Crippen LogP contribution >= 0.6 is 0 Å². The van der Waals surface area contributed by atoms with Crippen molar-refractivity contribution in [3.63, 3.8) is 0 Å². The summed E-state index contributed by atoms with van der Waals surface area (Å²) in [7, 11) is 0. The maximum absolute atomic E-state index is 12.6. The number of piperazine rings is 1. The Kier molecular flexibility index (Phi) is 6.07. The van der Waals surface area contributed by atoms with Crippen molar-refractivity contribution >= 4 is 11.7 Å². The average molecular weight is 354 g/mol. The highest BCUT2D eigenvalue weighted by molar-refractivity contribution is 5.91. The van der Waals surface area contributed by atoms with Gasteiger partial charge in [-0.2, -0.15) is 0 Å². The van der Waals surface area contributed by atoms with Gasteiger partial charge >= 0.3 is 6.03 Å². The van der Waals surface area contributed by atoms with Gasteiger partial charge in [-0.05, 0) is 43.7 Å². The lowest BCUT2D eigenvalue weighted by Crippen LogP contribution is -2.49. The first-order valence-electron chi connectivity index (χ1n) is 9.04. The van der Waals surface area contributed by atoms with Gasteiger partial charge in [-0.3, -0.25) is 9.88 Å². The molecule has 1 aromatic heterocycles. The van der Waals surface area contributed by atoms with Gasteiger partial charge in [0.1, 0.15) is 5.75 Å². The van der Waals surface area contributed by atoms with Gasteiger partial charge in [-0.1, -0.05) is 12.1 Å². The maximum Gasteiger partial charge on any atom is 0.322 e. The summed E-state index contributed by atoms with van der Waals surface area (Å²) in [6.07, 6.45) is 3.69. The molecule has 0 bridgehead atoms. The van der Waals surface area contributed by atoms with Crippen molar-refractivity contribution in [1.82, 2.24) is 14.8 Å². The van der Waals surface area contributed by atoms with E-state index in [2.05, 4.69) is 15.2 Å². The lowest BCUT2D eigenvalue weighted by atomic mass is 10.2. The highest BCUT2D eigenvalue weighted by atomic mass is 16.5. The molecule has 1 N–H and O–H groups in total. The van der Waals surface area contributed by atoms with Crippen LogP contribution in [0, 0.1) is 0 Å². The Morgan fingerprint density at radius 3 is 2.50 bits per heavy atom. The number of anilines is 1. The summed E-state index contributed by atoms with van der Waals surface area (Å²) in [6, 6.07) is 11.5. The van der Waals surface area contributed by atoms with Crippen molar-refractivity contribution in [3.05, 3.63) is 54.4 Å². The Balaban J connectivity index is 1.53. The molecular weight excluding hydrogens is 328 g/mol. The average Bonchev–Trinajstić information content (AvgIpc) is 2.64. The van der Waals surface area contributed by atoms with E-state index in [-0.39, 0.29) is 12.1 Å². The topological polar surface area (TPSA) is 57.7 Å². The molecule has 0 atom stereocenters. The Morgan fingerprint density at radius 1 is 1.12 bits per heavy atom. The molecular formula is C20H26N4O2. The number of carbonyl (C=O) groups is 1. The van der Waals surface area contributed by atoms with Gasteiger partial charge in [0.2, 0.25) is 0 Å². The predicted molar refractivity (Wildman–Crippen MR) is 102 cm³/mol. The zero-order valence-electron chi connectivity index (χ0n) is 15.4. The molecule has 1 saturated heterocycles. The van der Waals surface area contributed by atoms with Crippen LogP contribution in [0.4, 0.5) is 10.5 Å². The van der Waals surface area contributed by atoms with E-state index in [0.717, 1.165) is 19.6 Å². The van der Waals surface area contributed by atoms with Crippen LogP contribution in [-0.2, 0) is 6.54 Å². The highest BCUT2D eigenvalue weighted by Crippen LogP contribution is 2.25. The number of nitrogens with one attached hydrogen (secondary N) is 1. The molecule has 1 aromatic carbocycles. The first kappa shape index (κ1) is 18.2. The van der Waals surface area contributed by atoms with Gasteiger partial charge < -0.3 is 15.0 Å². The Labute approximate surface area is 154 Å². The minimum absolute atomic E-state index is 0.0600. The molecule has 26 heavy (non-hydrogen) atoms. The van der Waals surface area contributed by atoms with Crippen LogP contribution in [0.5, 0.6) is 5.75 Å². The monoisotopic (exact) mass is 354 g/mol. The van der Waals surface area contributed by atoms with E-state index in [9.17, 15) is 4.79 Å². The van der Waals surface area contributed by atoms with Gasteiger partial charge in [0.25, 0.3) is 0 Å². The fraction of sp³-hybridized carbons (Fsp3) is 0.400. The van der Waals surface area contributed by atoms with Gasteiger partial charge in [0, 0.05) is 45.1 Å². The number of aromatic nitrogens is 1. The summed E-state index contributed by atoms with van der Waals surface area (Å²) >= 11 is 0. The van der Waals surface area contributed by atoms with Crippen molar-refractivity contribution in [1.29, 1.82) is 0 Å². The van der Waals surface area contributed by atoms with Crippen molar-refractivity contribution < 1.29 is 9.53 Å². The van der Waals surface area contributed by atoms with Crippen molar-refractivity contribution in [2.45, 2.75) is 26.5 Å². The largest absolute Gasteiger partial charge is 0.489 e. The molecule has 1 aliphatic heterocycles. The summed E-state index contributed by atoms with van der Waals surface area (Å²) in [5, 5.41) is 2.99. The van der Waals surface area contributed by atoms with E-state index in [1.807, 2.05) is 67.5 Å². The van der Waals surface area contributed by atoms with Crippen LogP contribution in [-0.4, -0.2) is 53.1 Å². The van der Waals surface area contributed by atoms with Crippen LogP contribution in [0.3, 0.4) is 0 Å². The first-order valence-corrected chi connectivity index (χ1v) is 9.04. The number of rotatable bonds is 5.